The minimum atomic E-state index is -4.88. The fraction of sp³-hybridized carbons (Fsp3) is 0.667. The van der Waals surface area contributed by atoms with Gasteiger partial charge in [-0.15, -0.1) is 0 Å². The zero-order valence-electron chi connectivity index (χ0n) is 17.2. The molecule has 3 heterocycles. The van der Waals surface area contributed by atoms with E-state index in [1.807, 2.05) is 18.5 Å². The van der Waals surface area contributed by atoms with Crippen LogP contribution in [-0.4, -0.2) is 54.6 Å². The number of aryl methyl sites for hydroxylation is 3. The summed E-state index contributed by atoms with van der Waals surface area (Å²) < 4.78 is 44.0. The number of rotatable bonds is 6. The molecule has 1 aliphatic heterocycles. The maximum absolute atomic E-state index is 13.7. The second-order valence-corrected chi connectivity index (χ2v) is 7.31. The highest BCUT2D eigenvalue weighted by Crippen LogP contribution is 2.40. The van der Waals surface area contributed by atoms with Gasteiger partial charge in [0.05, 0.1) is 6.04 Å². The summed E-state index contributed by atoms with van der Waals surface area (Å²) in [6, 6.07) is -0.145. The summed E-state index contributed by atoms with van der Waals surface area (Å²) in [4.78, 5) is 12.4. The largest absolute Gasteiger partial charge is 0.424 e. The summed E-state index contributed by atoms with van der Waals surface area (Å²) in [5, 5.41) is 21.1. The molecule has 0 saturated heterocycles. The number of alkyl halides is 3. The number of aliphatic hydroxyl groups is 1. The number of hydrogen-bond donors (Lipinski definition) is 3. The van der Waals surface area contributed by atoms with E-state index in [0.29, 0.717) is 18.3 Å². The number of halogens is 3. The molecule has 2 aromatic rings. The fourth-order valence-electron chi connectivity index (χ4n) is 3.56. The molecule has 2 unspecified atom stereocenters. The van der Waals surface area contributed by atoms with Gasteiger partial charge in [0.2, 0.25) is 5.60 Å². The molecule has 0 aromatic carbocycles. The van der Waals surface area contributed by atoms with E-state index in [1.165, 1.54) is 19.4 Å². The Labute approximate surface area is 172 Å². The molecule has 0 fully saturated rings. The Kier molecular flexibility index (Phi) is 6.34. The van der Waals surface area contributed by atoms with Crippen LogP contribution in [0, 0.1) is 6.92 Å². The Morgan fingerprint density at radius 3 is 2.80 bits per heavy atom. The molecular weight excluding hydrogens is 401 g/mol. The highest BCUT2D eigenvalue weighted by Gasteiger charge is 2.57. The Bertz CT molecular complexity index is 890. The summed E-state index contributed by atoms with van der Waals surface area (Å²) in [6.45, 7) is 4.75. The van der Waals surface area contributed by atoms with Gasteiger partial charge >= 0.3 is 6.18 Å². The molecule has 3 N–H and O–H groups in total. The van der Waals surface area contributed by atoms with Crippen LogP contribution >= 0.6 is 0 Å². The zero-order chi connectivity index (χ0) is 21.9. The van der Waals surface area contributed by atoms with Gasteiger partial charge in [0, 0.05) is 45.5 Å². The lowest BCUT2D eigenvalue weighted by Gasteiger charge is -2.29. The molecule has 30 heavy (non-hydrogen) atoms. The minimum absolute atomic E-state index is 0.145. The van der Waals surface area contributed by atoms with Crippen LogP contribution in [0.2, 0.25) is 0 Å². The summed E-state index contributed by atoms with van der Waals surface area (Å²) >= 11 is 0. The molecule has 3 rings (SSSR count). The number of aromatic nitrogens is 5. The molecule has 12 heteroatoms. The maximum atomic E-state index is 13.7. The Hall–Kier alpha value is -2.63. The molecule has 9 nitrogen and oxygen atoms in total. The van der Waals surface area contributed by atoms with Crippen LogP contribution in [0.4, 0.5) is 13.2 Å². The number of nitrogens with one attached hydrogen (secondary N) is 2. The van der Waals surface area contributed by atoms with Crippen LogP contribution in [0.25, 0.3) is 0 Å². The van der Waals surface area contributed by atoms with Gasteiger partial charge < -0.3 is 20.3 Å². The summed E-state index contributed by atoms with van der Waals surface area (Å²) in [5.74, 6) is 1.36. The van der Waals surface area contributed by atoms with Crippen molar-refractivity contribution in [2.45, 2.75) is 57.5 Å². The first-order valence-electron chi connectivity index (χ1n) is 9.89. The van der Waals surface area contributed by atoms with Crippen molar-refractivity contribution in [2.24, 2.45) is 12.0 Å². The molecule has 166 valence electrons. The molecule has 2 aromatic heterocycles. The molecule has 0 radical (unpaired) electrons. The number of guanidine groups is 1. The molecule has 0 aliphatic carbocycles. The topological polar surface area (TPSA) is 105 Å². The normalized spacial score (nSPS) is 19.3. The lowest BCUT2D eigenvalue weighted by Crippen LogP contribution is -2.45. The SMILES string of the molecule is CCNC(=NCCC(O)(c1nccn1C)C(F)(F)F)NC1CCCn2nc(C)nc21. The first kappa shape index (κ1) is 22.1. The van der Waals surface area contributed by atoms with Crippen molar-refractivity contribution in [3.63, 3.8) is 0 Å². The van der Waals surface area contributed by atoms with Crippen LogP contribution < -0.4 is 10.6 Å². The second kappa shape index (κ2) is 8.62. The minimum Gasteiger partial charge on any atom is -0.374 e. The Morgan fingerprint density at radius 2 is 2.17 bits per heavy atom. The maximum Gasteiger partial charge on any atom is 0.424 e. The van der Waals surface area contributed by atoms with Gasteiger partial charge in [0.25, 0.3) is 0 Å². The van der Waals surface area contributed by atoms with Crippen molar-refractivity contribution in [3.05, 3.63) is 29.9 Å². The van der Waals surface area contributed by atoms with E-state index >= 15 is 0 Å². The van der Waals surface area contributed by atoms with Crippen LogP contribution in [0.3, 0.4) is 0 Å². The van der Waals surface area contributed by atoms with Gasteiger partial charge in [-0.05, 0) is 26.7 Å². The molecule has 1 aliphatic rings. The van der Waals surface area contributed by atoms with Crippen LogP contribution in [-0.2, 0) is 19.2 Å². The average molecular weight is 428 g/mol. The van der Waals surface area contributed by atoms with Gasteiger partial charge in [-0.25, -0.2) is 14.6 Å². The van der Waals surface area contributed by atoms with Gasteiger partial charge in [0.15, 0.2) is 5.96 Å². The first-order valence-corrected chi connectivity index (χ1v) is 9.89. The molecule has 0 amide bonds. The van der Waals surface area contributed by atoms with E-state index in [-0.39, 0.29) is 12.6 Å². The van der Waals surface area contributed by atoms with Crippen LogP contribution in [0.1, 0.15) is 49.7 Å². The van der Waals surface area contributed by atoms with Gasteiger partial charge in [-0.2, -0.15) is 18.3 Å². The third-order valence-corrected chi connectivity index (χ3v) is 5.04. The Morgan fingerprint density at radius 1 is 1.40 bits per heavy atom. The number of nitrogens with zero attached hydrogens (tertiary/aromatic N) is 6. The predicted molar refractivity (Wildman–Crippen MR) is 104 cm³/mol. The highest BCUT2D eigenvalue weighted by atomic mass is 19.4. The van der Waals surface area contributed by atoms with Crippen molar-refractivity contribution in [2.75, 3.05) is 13.1 Å². The van der Waals surface area contributed by atoms with E-state index in [2.05, 4.69) is 30.7 Å². The number of imidazole rings is 1. The van der Waals surface area contributed by atoms with E-state index < -0.39 is 24.0 Å². The standard InChI is InChI=1S/C18H27F3N8O/c1-4-22-16(26-13-6-5-10-29-14(13)25-12(2)27-29)24-8-7-17(30,18(19,20)21)15-23-9-11-28(15)3/h9,11,13,30H,4-8,10H2,1-3H3,(H2,22,24,26). The predicted octanol–water partition coefficient (Wildman–Crippen LogP) is 1.55. The van der Waals surface area contributed by atoms with Crippen LogP contribution in [0.15, 0.2) is 17.4 Å². The van der Waals surface area contributed by atoms with E-state index in [9.17, 15) is 18.3 Å². The van der Waals surface area contributed by atoms with Gasteiger partial charge in [-0.3, -0.25) is 4.99 Å². The summed E-state index contributed by atoms with van der Waals surface area (Å²) in [7, 11) is 1.41. The van der Waals surface area contributed by atoms with Crippen molar-refractivity contribution >= 4 is 5.96 Å². The lowest BCUT2D eigenvalue weighted by atomic mass is 9.98. The lowest BCUT2D eigenvalue weighted by molar-refractivity contribution is -0.272. The average Bonchev–Trinajstić information content (AvgIpc) is 3.26. The summed E-state index contributed by atoms with van der Waals surface area (Å²) in [6.07, 6.45) is -1.24. The fourth-order valence-corrected chi connectivity index (χ4v) is 3.56. The van der Waals surface area contributed by atoms with Crippen LogP contribution in [0.5, 0.6) is 0 Å². The number of fused-ring (bicyclic) bond motifs is 1. The third-order valence-electron chi connectivity index (χ3n) is 5.04. The number of hydrogen-bond acceptors (Lipinski definition) is 5. The zero-order valence-corrected chi connectivity index (χ0v) is 17.2. The van der Waals surface area contributed by atoms with Crippen molar-refractivity contribution in [1.82, 2.24) is 34.9 Å². The molecule has 0 spiro atoms. The van der Waals surface area contributed by atoms with Gasteiger partial charge in [0.1, 0.15) is 17.5 Å². The van der Waals surface area contributed by atoms with Gasteiger partial charge in [-0.1, -0.05) is 0 Å². The van der Waals surface area contributed by atoms with E-state index in [4.69, 9.17) is 0 Å². The summed E-state index contributed by atoms with van der Waals surface area (Å²) in [5.41, 5.74) is -3.09. The van der Waals surface area contributed by atoms with Crippen molar-refractivity contribution < 1.29 is 18.3 Å². The number of aliphatic imine (C=N–C) groups is 1. The molecule has 2 atom stereocenters. The van der Waals surface area contributed by atoms with Crippen molar-refractivity contribution in [1.29, 1.82) is 0 Å². The van der Waals surface area contributed by atoms with E-state index in [0.717, 1.165) is 29.8 Å². The molecule has 0 saturated carbocycles. The highest BCUT2D eigenvalue weighted by molar-refractivity contribution is 5.80. The first-order chi connectivity index (χ1) is 14.2. The molecular formula is C18H27F3N8O. The van der Waals surface area contributed by atoms with E-state index in [1.54, 1.807) is 0 Å². The quantitative estimate of drug-likeness (QED) is 0.476. The Balaban J connectivity index is 1.75. The van der Waals surface area contributed by atoms with Crippen molar-refractivity contribution in [3.8, 4) is 0 Å². The smallest absolute Gasteiger partial charge is 0.374 e. The molecule has 0 bridgehead atoms. The third kappa shape index (κ3) is 4.42. The second-order valence-electron chi connectivity index (χ2n) is 7.31. The monoisotopic (exact) mass is 428 g/mol.